The van der Waals surface area contributed by atoms with Gasteiger partial charge in [-0.3, -0.25) is 4.90 Å². The maximum absolute atomic E-state index is 8.69. The van der Waals surface area contributed by atoms with Crippen molar-refractivity contribution in [1.82, 2.24) is 10.2 Å². The molecule has 13 heavy (non-hydrogen) atoms. The Morgan fingerprint density at radius 2 is 2.15 bits per heavy atom. The van der Waals surface area contributed by atoms with Gasteiger partial charge in [-0.2, -0.15) is 0 Å². The van der Waals surface area contributed by atoms with Crippen molar-refractivity contribution in [3.8, 4) is 0 Å². The highest BCUT2D eigenvalue weighted by Crippen LogP contribution is 2.19. The molecule has 0 aromatic rings. The zero-order chi connectivity index (χ0) is 9.90. The Kier molecular flexibility index (Phi) is 3.71. The zero-order valence-electron chi connectivity index (χ0n) is 9.01. The summed E-state index contributed by atoms with van der Waals surface area (Å²) in [5, 5.41) is 12.0. The standard InChI is InChI=1S/C10H22N2O/c1-9-8-12(9)6-4-10(2,3)11-5-7-13/h9,11,13H,4-8H2,1-3H3. The summed E-state index contributed by atoms with van der Waals surface area (Å²) in [6, 6.07) is 0.800. The van der Waals surface area contributed by atoms with Gasteiger partial charge in [-0.1, -0.05) is 0 Å². The van der Waals surface area contributed by atoms with Gasteiger partial charge in [0.15, 0.2) is 0 Å². The van der Waals surface area contributed by atoms with Gasteiger partial charge >= 0.3 is 0 Å². The van der Waals surface area contributed by atoms with E-state index in [4.69, 9.17) is 5.11 Å². The van der Waals surface area contributed by atoms with Crippen LogP contribution in [0.15, 0.2) is 0 Å². The first-order chi connectivity index (χ1) is 6.05. The van der Waals surface area contributed by atoms with E-state index in [0.29, 0.717) is 6.54 Å². The van der Waals surface area contributed by atoms with E-state index < -0.39 is 0 Å². The zero-order valence-corrected chi connectivity index (χ0v) is 9.01. The molecule has 0 aromatic heterocycles. The van der Waals surface area contributed by atoms with Gasteiger partial charge in [0.25, 0.3) is 0 Å². The summed E-state index contributed by atoms with van der Waals surface area (Å²) in [4.78, 5) is 2.46. The van der Waals surface area contributed by atoms with Crippen LogP contribution in [0, 0.1) is 0 Å². The third-order valence-corrected chi connectivity index (χ3v) is 2.73. The van der Waals surface area contributed by atoms with Crippen molar-refractivity contribution >= 4 is 0 Å². The highest BCUT2D eigenvalue weighted by Gasteiger charge is 2.30. The van der Waals surface area contributed by atoms with Gasteiger partial charge in [-0.25, -0.2) is 0 Å². The lowest BCUT2D eigenvalue weighted by Gasteiger charge is -2.26. The van der Waals surface area contributed by atoms with Crippen molar-refractivity contribution in [1.29, 1.82) is 0 Å². The van der Waals surface area contributed by atoms with Crippen LogP contribution in [0.5, 0.6) is 0 Å². The van der Waals surface area contributed by atoms with E-state index in [-0.39, 0.29) is 12.1 Å². The third-order valence-electron chi connectivity index (χ3n) is 2.73. The maximum atomic E-state index is 8.69. The molecule has 2 unspecified atom stereocenters. The van der Waals surface area contributed by atoms with Crippen LogP contribution < -0.4 is 5.32 Å². The molecule has 3 nitrogen and oxygen atoms in total. The Labute approximate surface area is 81.1 Å². The Hall–Kier alpha value is -0.120. The van der Waals surface area contributed by atoms with E-state index in [1.54, 1.807) is 0 Å². The highest BCUT2D eigenvalue weighted by atomic mass is 16.3. The second-order valence-electron chi connectivity index (χ2n) is 4.63. The molecule has 0 saturated carbocycles. The van der Waals surface area contributed by atoms with E-state index in [9.17, 15) is 0 Å². The molecule has 1 heterocycles. The third kappa shape index (κ3) is 4.07. The van der Waals surface area contributed by atoms with Crippen LogP contribution in [0.1, 0.15) is 27.2 Å². The minimum Gasteiger partial charge on any atom is -0.395 e. The minimum absolute atomic E-state index is 0.158. The summed E-state index contributed by atoms with van der Waals surface area (Å²) in [6.07, 6.45) is 1.15. The summed E-state index contributed by atoms with van der Waals surface area (Å²) in [6.45, 7) is 10.00. The van der Waals surface area contributed by atoms with Crippen LogP contribution in [0.2, 0.25) is 0 Å². The smallest absolute Gasteiger partial charge is 0.0556 e. The molecule has 0 bridgehead atoms. The van der Waals surface area contributed by atoms with Gasteiger partial charge < -0.3 is 10.4 Å². The molecule has 1 saturated heterocycles. The van der Waals surface area contributed by atoms with Crippen LogP contribution in [0.3, 0.4) is 0 Å². The van der Waals surface area contributed by atoms with E-state index in [1.165, 1.54) is 13.1 Å². The van der Waals surface area contributed by atoms with Gasteiger partial charge in [0.1, 0.15) is 0 Å². The van der Waals surface area contributed by atoms with E-state index in [0.717, 1.165) is 12.5 Å². The van der Waals surface area contributed by atoms with Crippen molar-refractivity contribution in [3.05, 3.63) is 0 Å². The fraction of sp³-hybridized carbons (Fsp3) is 1.00. The van der Waals surface area contributed by atoms with Crippen molar-refractivity contribution < 1.29 is 5.11 Å². The van der Waals surface area contributed by atoms with E-state index >= 15 is 0 Å². The number of hydrogen-bond donors (Lipinski definition) is 2. The van der Waals surface area contributed by atoms with Crippen LogP contribution in [-0.4, -0.2) is 47.8 Å². The number of rotatable bonds is 6. The first-order valence-electron chi connectivity index (χ1n) is 5.15. The van der Waals surface area contributed by atoms with Gasteiger partial charge in [-0.05, 0) is 27.2 Å². The maximum Gasteiger partial charge on any atom is 0.0556 e. The number of nitrogens with zero attached hydrogens (tertiary/aromatic N) is 1. The van der Waals surface area contributed by atoms with Crippen molar-refractivity contribution in [2.45, 2.75) is 38.8 Å². The predicted octanol–water partition coefficient (Wildman–Crippen LogP) is 0.441. The monoisotopic (exact) mass is 186 g/mol. The lowest BCUT2D eigenvalue weighted by molar-refractivity contribution is 0.254. The normalized spacial score (nSPS) is 27.7. The second-order valence-corrected chi connectivity index (χ2v) is 4.63. The molecule has 78 valence electrons. The molecule has 1 rings (SSSR count). The molecule has 1 aliphatic heterocycles. The Balaban J connectivity index is 2.10. The van der Waals surface area contributed by atoms with Crippen LogP contribution >= 0.6 is 0 Å². The number of β-amino-alcohol motifs (C(OH)–C–C–N with tert-alkyl or cyclic N) is 1. The molecule has 0 spiro atoms. The SMILES string of the molecule is CC1CN1CCC(C)(C)NCCO. The Morgan fingerprint density at radius 3 is 2.62 bits per heavy atom. The van der Waals surface area contributed by atoms with Crippen LogP contribution in [0.4, 0.5) is 0 Å². The van der Waals surface area contributed by atoms with Crippen molar-refractivity contribution in [2.24, 2.45) is 0 Å². The van der Waals surface area contributed by atoms with E-state index in [1.807, 2.05) is 0 Å². The van der Waals surface area contributed by atoms with Gasteiger partial charge in [0, 0.05) is 31.2 Å². The molecule has 1 fully saturated rings. The van der Waals surface area contributed by atoms with Crippen LogP contribution in [0.25, 0.3) is 0 Å². The lowest BCUT2D eigenvalue weighted by Crippen LogP contribution is -2.42. The number of nitrogens with one attached hydrogen (secondary N) is 1. The predicted molar refractivity (Wildman–Crippen MR) is 54.8 cm³/mol. The molecule has 0 aliphatic carbocycles. The van der Waals surface area contributed by atoms with Gasteiger partial charge in [0.05, 0.1) is 6.61 Å². The highest BCUT2D eigenvalue weighted by molar-refractivity contribution is 4.88. The van der Waals surface area contributed by atoms with E-state index in [2.05, 4.69) is 31.0 Å². The fourth-order valence-electron chi connectivity index (χ4n) is 1.51. The summed E-state index contributed by atoms with van der Waals surface area (Å²) < 4.78 is 0. The minimum atomic E-state index is 0.158. The average Bonchev–Trinajstić information content (AvgIpc) is 2.76. The molecule has 0 aromatic carbocycles. The quantitative estimate of drug-likeness (QED) is 0.591. The summed E-state index contributed by atoms with van der Waals surface area (Å²) in [5.74, 6) is 0. The van der Waals surface area contributed by atoms with Crippen molar-refractivity contribution in [3.63, 3.8) is 0 Å². The molecule has 1 aliphatic rings. The largest absolute Gasteiger partial charge is 0.395 e. The molecular formula is C10H22N2O. The van der Waals surface area contributed by atoms with Gasteiger partial charge in [-0.15, -0.1) is 0 Å². The van der Waals surface area contributed by atoms with Crippen LogP contribution in [-0.2, 0) is 0 Å². The Morgan fingerprint density at radius 1 is 1.54 bits per heavy atom. The first-order valence-corrected chi connectivity index (χ1v) is 5.15. The topological polar surface area (TPSA) is 35.3 Å². The summed E-state index contributed by atoms with van der Waals surface area (Å²) >= 11 is 0. The second kappa shape index (κ2) is 4.40. The van der Waals surface area contributed by atoms with Crippen molar-refractivity contribution in [2.75, 3.05) is 26.2 Å². The average molecular weight is 186 g/mol. The van der Waals surface area contributed by atoms with Gasteiger partial charge in [0.2, 0.25) is 0 Å². The lowest BCUT2D eigenvalue weighted by atomic mass is 10.0. The molecule has 2 atom stereocenters. The summed E-state index contributed by atoms with van der Waals surface area (Å²) in [5.41, 5.74) is 0.158. The number of aliphatic hydroxyl groups is 1. The molecule has 2 N–H and O–H groups in total. The number of hydrogen-bond acceptors (Lipinski definition) is 3. The molecule has 3 heteroatoms. The Bertz CT molecular complexity index is 159. The molecule has 0 radical (unpaired) electrons. The fourth-order valence-corrected chi connectivity index (χ4v) is 1.51. The molecule has 0 amide bonds. The first kappa shape index (κ1) is 11.0. The number of aliphatic hydroxyl groups excluding tert-OH is 1. The summed E-state index contributed by atoms with van der Waals surface area (Å²) in [7, 11) is 0. The molecular weight excluding hydrogens is 164 g/mol.